The zero-order valence-electron chi connectivity index (χ0n) is 23.9. The quantitative estimate of drug-likeness (QED) is 0.301. The van der Waals surface area contributed by atoms with Gasteiger partial charge in [0.15, 0.2) is 10.8 Å². The number of fused-ring (bicyclic) bond motifs is 1. The minimum atomic E-state index is -3.96. The van der Waals surface area contributed by atoms with Crippen molar-refractivity contribution in [3.05, 3.63) is 96.1 Å². The van der Waals surface area contributed by atoms with Gasteiger partial charge in [-0.2, -0.15) is 9.57 Å². The maximum Gasteiger partial charge on any atom is 0.289 e. The van der Waals surface area contributed by atoms with Gasteiger partial charge in [0.1, 0.15) is 0 Å². The van der Waals surface area contributed by atoms with Gasteiger partial charge < -0.3 is 18.8 Å². The molecule has 11 nitrogen and oxygen atoms in total. The van der Waals surface area contributed by atoms with Gasteiger partial charge in [-0.3, -0.25) is 4.79 Å². The highest BCUT2D eigenvalue weighted by molar-refractivity contribution is 7.89. The highest BCUT2D eigenvalue weighted by Crippen LogP contribution is 2.34. The van der Waals surface area contributed by atoms with E-state index in [-0.39, 0.29) is 16.9 Å². The number of piperidine rings is 1. The van der Waals surface area contributed by atoms with Crippen LogP contribution >= 0.6 is 0 Å². The molecule has 0 radical (unpaired) electrons. The topological polar surface area (TPSA) is 129 Å². The number of carbonyl (C=O) groups is 1. The summed E-state index contributed by atoms with van der Waals surface area (Å²) < 4.78 is 37.4. The van der Waals surface area contributed by atoms with Crippen molar-refractivity contribution < 1.29 is 17.6 Å². The Morgan fingerprint density at radius 2 is 2.00 bits per heavy atom. The molecule has 3 aromatic heterocycles. The molecular weight excluding hydrogens is 566 g/mol. The van der Waals surface area contributed by atoms with Crippen LogP contribution < -0.4 is 4.90 Å². The van der Waals surface area contributed by atoms with Gasteiger partial charge in [-0.1, -0.05) is 6.07 Å². The van der Waals surface area contributed by atoms with Crippen LogP contribution in [0, 0.1) is 17.2 Å². The Labute approximate surface area is 251 Å². The van der Waals surface area contributed by atoms with E-state index in [2.05, 4.69) is 20.9 Å². The summed E-state index contributed by atoms with van der Waals surface area (Å²) >= 11 is 0. The first kappa shape index (κ1) is 28.6. The van der Waals surface area contributed by atoms with E-state index < -0.39 is 16.1 Å². The van der Waals surface area contributed by atoms with E-state index >= 15 is 0 Å². The molecule has 1 amide bonds. The number of aromatic nitrogens is 3. The van der Waals surface area contributed by atoms with Crippen LogP contribution in [0.5, 0.6) is 0 Å². The van der Waals surface area contributed by atoms with Crippen molar-refractivity contribution in [2.45, 2.75) is 36.9 Å². The predicted molar refractivity (Wildman–Crippen MR) is 158 cm³/mol. The number of carbonyl (C=O) groups excluding carboxylic acids is 1. The third-order valence-electron chi connectivity index (χ3n) is 8.40. The van der Waals surface area contributed by atoms with E-state index in [1.165, 1.54) is 18.5 Å². The number of sulfonamides is 1. The number of aryl methyl sites for hydroxylation is 1. The van der Waals surface area contributed by atoms with Crippen molar-refractivity contribution in [1.29, 1.82) is 5.26 Å². The summed E-state index contributed by atoms with van der Waals surface area (Å²) in [5.74, 6) is 0.213. The number of amides is 1. The highest BCUT2D eigenvalue weighted by Gasteiger charge is 2.39. The van der Waals surface area contributed by atoms with Crippen molar-refractivity contribution in [2.24, 2.45) is 13.0 Å². The van der Waals surface area contributed by atoms with Crippen LogP contribution in [0.4, 0.5) is 5.69 Å². The maximum atomic E-state index is 14.2. The van der Waals surface area contributed by atoms with Gasteiger partial charge in [-0.25, -0.2) is 18.4 Å². The van der Waals surface area contributed by atoms with Gasteiger partial charge in [0.25, 0.3) is 15.9 Å². The summed E-state index contributed by atoms with van der Waals surface area (Å²) in [6.45, 7) is 2.35. The van der Waals surface area contributed by atoms with Gasteiger partial charge in [0.05, 0.1) is 36.5 Å². The maximum absolute atomic E-state index is 14.2. The summed E-state index contributed by atoms with van der Waals surface area (Å²) in [6.07, 6.45) is 8.34. The van der Waals surface area contributed by atoms with E-state index in [0.717, 1.165) is 16.9 Å². The number of anilines is 1. The van der Waals surface area contributed by atoms with Crippen LogP contribution in [0.15, 0.2) is 83.0 Å². The van der Waals surface area contributed by atoms with Gasteiger partial charge in [0.2, 0.25) is 0 Å². The molecule has 4 aromatic rings. The number of imidazole rings is 1. The largest absolute Gasteiger partial charge is 0.459 e. The number of rotatable bonds is 8. The number of furan rings is 1. The Morgan fingerprint density at radius 3 is 2.67 bits per heavy atom. The third kappa shape index (κ3) is 5.91. The zero-order chi connectivity index (χ0) is 30.0. The Kier molecular flexibility index (Phi) is 8.01. The number of nitrogens with zero attached hydrogens (tertiary/aromatic N) is 7. The lowest BCUT2D eigenvalue weighted by Crippen LogP contribution is -2.53. The van der Waals surface area contributed by atoms with Crippen molar-refractivity contribution >= 4 is 21.6 Å². The molecule has 1 atom stereocenters. The van der Waals surface area contributed by atoms with Gasteiger partial charge >= 0.3 is 0 Å². The second kappa shape index (κ2) is 12.0. The Morgan fingerprint density at radius 1 is 1.16 bits per heavy atom. The second-order valence-corrected chi connectivity index (χ2v) is 13.0. The van der Waals surface area contributed by atoms with Crippen LogP contribution in [0.3, 0.4) is 0 Å². The molecule has 0 bridgehead atoms. The standard InChI is InChI=1S/C31H33N7O4S/c1-35-22-33-18-27(35)21-37-20-26(16-25-15-24(17-32)7-8-28(25)37)38(43(40,41)30-6-2-3-11-34-30)19-23-9-12-36(13-10-23)31(39)29-5-4-14-42-29/h2-8,11,14-15,18,22-23,26H,9-10,12-13,16,19-21H2,1H3. The average Bonchev–Trinajstić information content (AvgIpc) is 3.72. The Hall–Kier alpha value is -4.47. The number of likely N-dealkylation sites (tertiary alicyclic amines) is 1. The summed E-state index contributed by atoms with van der Waals surface area (Å²) in [5.41, 5.74) is 3.44. The molecule has 43 heavy (non-hydrogen) atoms. The molecule has 1 unspecified atom stereocenters. The van der Waals surface area contributed by atoms with Crippen LogP contribution in [0.2, 0.25) is 0 Å². The van der Waals surface area contributed by atoms with E-state index in [9.17, 15) is 18.5 Å². The van der Waals surface area contributed by atoms with Crippen LogP contribution in [0.25, 0.3) is 0 Å². The van der Waals surface area contributed by atoms with E-state index in [1.54, 1.807) is 45.9 Å². The number of nitriles is 1. The van der Waals surface area contributed by atoms with Gasteiger partial charge in [-0.05, 0) is 73.2 Å². The molecular formula is C31H33N7O4S. The first-order chi connectivity index (χ1) is 20.8. The second-order valence-electron chi connectivity index (χ2n) is 11.1. The molecule has 1 fully saturated rings. The normalized spacial score (nSPS) is 17.6. The summed E-state index contributed by atoms with van der Waals surface area (Å²) in [7, 11) is -2.02. The van der Waals surface area contributed by atoms with Crippen LogP contribution in [-0.2, 0) is 30.0 Å². The molecule has 0 saturated carbocycles. The lowest BCUT2D eigenvalue weighted by atomic mass is 9.93. The summed E-state index contributed by atoms with van der Waals surface area (Å²) in [5, 5.41) is 9.62. The molecule has 12 heteroatoms. The van der Waals surface area contributed by atoms with E-state index in [0.29, 0.717) is 63.3 Å². The van der Waals surface area contributed by atoms with E-state index in [4.69, 9.17) is 4.42 Å². The predicted octanol–water partition coefficient (Wildman–Crippen LogP) is 3.45. The third-order valence-corrected chi connectivity index (χ3v) is 10.2. The molecule has 222 valence electrons. The molecule has 5 heterocycles. The van der Waals surface area contributed by atoms with Crippen LogP contribution in [0.1, 0.15) is 40.2 Å². The average molecular weight is 600 g/mol. The fourth-order valence-electron chi connectivity index (χ4n) is 6.07. The smallest absolute Gasteiger partial charge is 0.289 e. The van der Waals surface area contributed by atoms with Gasteiger partial charge in [0, 0.05) is 57.3 Å². The monoisotopic (exact) mass is 599 g/mol. The molecule has 0 aliphatic carbocycles. The summed E-state index contributed by atoms with van der Waals surface area (Å²) in [4.78, 5) is 25.2. The molecule has 0 spiro atoms. The fraction of sp³-hybridized carbons (Fsp3) is 0.355. The fourth-order valence-corrected chi connectivity index (χ4v) is 7.69. The molecule has 6 rings (SSSR count). The minimum Gasteiger partial charge on any atom is -0.459 e. The Balaban J connectivity index is 1.30. The lowest BCUT2D eigenvalue weighted by molar-refractivity contribution is 0.0644. The molecule has 2 aliphatic rings. The Bertz CT molecular complexity index is 1720. The first-order valence-electron chi connectivity index (χ1n) is 14.3. The first-order valence-corrected chi connectivity index (χ1v) is 15.8. The van der Waals surface area contributed by atoms with Crippen molar-refractivity contribution in [3.8, 4) is 6.07 Å². The van der Waals surface area contributed by atoms with Crippen molar-refractivity contribution in [2.75, 3.05) is 31.1 Å². The minimum absolute atomic E-state index is 0.00944. The SMILES string of the molecule is Cn1cncc1CN1CC(N(CC2CCN(C(=O)c3ccco3)CC2)S(=O)(=O)c2ccccn2)Cc2cc(C#N)ccc21. The molecule has 0 N–H and O–H groups in total. The molecule has 1 aromatic carbocycles. The van der Waals surface area contributed by atoms with Crippen LogP contribution in [-0.4, -0.2) is 70.3 Å². The number of benzene rings is 1. The number of pyridine rings is 1. The van der Waals surface area contributed by atoms with Gasteiger partial charge in [-0.15, -0.1) is 0 Å². The molecule has 2 aliphatic heterocycles. The van der Waals surface area contributed by atoms with E-state index in [1.807, 2.05) is 29.9 Å². The highest BCUT2D eigenvalue weighted by atomic mass is 32.2. The van der Waals surface area contributed by atoms with Crippen molar-refractivity contribution in [1.82, 2.24) is 23.7 Å². The number of hydrogen-bond donors (Lipinski definition) is 0. The molecule has 1 saturated heterocycles. The zero-order valence-corrected chi connectivity index (χ0v) is 24.7. The number of hydrogen-bond acceptors (Lipinski definition) is 8. The lowest BCUT2D eigenvalue weighted by Gasteiger charge is -2.42. The van der Waals surface area contributed by atoms with Crippen molar-refractivity contribution in [3.63, 3.8) is 0 Å². The summed E-state index contributed by atoms with van der Waals surface area (Å²) in [6, 6.07) is 15.7.